The van der Waals surface area contributed by atoms with Crippen LogP contribution in [-0.4, -0.2) is 38.7 Å². The first kappa shape index (κ1) is 20.2. The lowest BCUT2D eigenvalue weighted by Gasteiger charge is -2.29. The van der Waals surface area contributed by atoms with E-state index in [1.54, 1.807) is 17.0 Å². The zero-order chi connectivity index (χ0) is 20.1. The van der Waals surface area contributed by atoms with Crippen LogP contribution in [0.25, 0.3) is 0 Å². The molecule has 0 radical (unpaired) electrons. The Labute approximate surface area is 172 Å². The number of benzene rings is 2. The molecule has 0 saturated heterocycles. The van der Waals surface area contributed by atoms with E-state index in [0.29, 0.717) is 29.1 Å². The molecule has 0 N–H and O–H groups in total. The van der Waals surface area contributed by atoms with Crippen LogP contribution in [0.5, 0.6) is 11.5 Å². The number of anilines is 1. The molecular formula is C21H22BrNO5. The predicted octanol–water partition coefficient (Wildman–Crippen LogP) is 3.99. The minimum Gasteiger partial charge on any atom is -0.493 e. The highest BCUT2D eigenvalue weighted by Crippen LogP contribution is 2.37. The second-order valence-corrected chi connectivity index (χ2v) is 7.13. The first-order valence-electron chi connectivity index (χ1n) is 9.10. The van der Waals surface area contributed by atoms with Crippen LogP contribution in [0.1, 0.15) is 29.3 Å². The van der Waals surface area contributed by atoms with E-state index in [9.17, 15) is 9.59 Å². The molecule has 1 aliphatic heterocycles. The SMILES string of the molecule is CCOc1c(Br)cc(C(=O)OCC(=O)N2CCCc3ccccc32)cc1OC. The van der Waals surface area contributed by atoms with Crippen molar-refractivity contribution in [2.45, 2.75) is 19.8 Å². The van der Waals surface area contributed by atoms with Crippen molar-refractivity contribution >= 4 is 33.5 Å². The number of carbonyl (C=O) groups is 2. The van der Waals surface area contributed by atoms with E-state index in [1.165, 1.54) is 7.11 Å². The molecule has 1 amide bonds. The van der Waals surface area contributed by atoms with Crippen molar-refractivity contribution in [1.29, 1.82) is 0 Å². The number of halogens is 1. The van der Waals surface area contributed by atoms with Crippen molar-refractivity contribution < 1.29 is 23.8 Å². The van der Waals surface area contributed by atoms with E-state index < -0.39 is 5.97 Å². The molecule has 3 rings (SSSR count). The number of para-hydroxylation sites is 1. The maximum Gasteiger partial charge on any atom is 0.338 e. The number of ether oxygens (including phenoxy) is 3. The van der Waals surface area contributed by atoms with Gasteiger partial charge in [0.2, 0.25) is 0 Å². The highest BCUT2D eigenvalue weighted by molar-refractivity contribution is 9.10. The monoisotopic (exact) mass is 447 g/mol. The van der Waals surface area contributed by atoms with Gasteiger partial charge >= 0.3 is 5.97 Å². The summed E-state index contributed by atoms with van der Waals surface area (Å²) in [5.41, 5.74) is 2.30. The Balaban J connectivity index is 1.69. The molecule has 28 heavy (non-hydrogen) atoms. The Morgan fingerprint density at radius 3 is 2.75 bits per heavy atom. The first-order chi connectivity index (χ1) is 13.5. The van der Waals surface area contributed by atoms with Crippen LogP contribution in [-0.2, 0) is 16.0 Å². The number of amides is 1. The van der Waals surface area contributed by atoms with Gasteiger partial charge in [-0.2, -0.15) is 0 Å². The highest BCUT2D eigenvalue weighted by Gasteiger charge is 2.24. The fourth-order valence-electron chi connectivity index (χ4n) is 3.20. The van der Waals surface area contributed by atoms with Gasteiger partial charge in [-0.15, -0.1) is 0 Å². The number of esters is 1. The third-order valence-corrected chi connectivity index (χ3v) is 5.08. The number of methoxy groups -OCH3 is 1. The van der Waals surface area contributed by atoms with Gasteiger partial charge in [-0.05, 0) is 59.5 Å². The summed E-state index contributed by atoms with van der Waals surface area (Å²) in [4.78, 5) is 26.8. The van der Waals surface area contributed by atoms with Crippen molar-refractivity contribution in [2.75, 3.05) is 31.8 Å². The van der Waals surface area contributed by atoms with Crippen LogP contribution in [0, 0.1) is 0 Å². The summed E-state index contributed by atoms with van der Waals surface area (Å²) in [5, 5.41) is 0. The lowest BCUT2D eigenvalue weighted by Crippen LogP contribution is -2.38. The Morgan fingerprint density at radius 2 is 2.00 bits per heavy atom. The third-order valence-electron chi connectivity index (χ3n) is 4.49. The van der Waals surface area contributed by atoms with Crippen LogP contribution in [0.4, 0.5) is 5.69 Å². The average molecular weight is 448 g/mol. The van der Waals surface area contributed by atoms with Gasteiger partial charge in [0.1, 0.15) is 0 Å². The van der Waals surface area contributed by atoms with Crippen LogP contribution in [0.2, 0.25) is 0 Å². The standard InChI is InChI=1S/C21H22BrNO5/c1-3-27-20-16(22)11-15(12-18(20)26-2)21(25)28-13-19(24)23-10-6-8-14-7-4-5-9-17(14)23/h4-5,7,9,11-12H,3,6,8,10,13H2,1-2H3. The highest BCUT2D eigenvalue weighted by atomic mass is 79.9. The Morgan fingerprint density at radius 1 is 1.21 bits per heavy atom. The van der Waals surface area contributed by atoms with Gasteiger partial charge in [0.25, 0.3) is 5.91 Å². The number of rotatable bonds is 6. The summed E-state index contributed by atoms with van der Waals surface area (Å²) in [6, 6.07) is 10.9. The van der Waals surface area contributed by atoms with Crippen molar-refractivity contribution in [3.05, 3.63) is 52.0 Å². The quantitative estimate of drug-likeness (QED) is 0.626. The number of nitrogens with zero attached hydrogens (tertiary/aromatic N) is 1. The molecule has 0 aliphatic carbocycles. The average Bonchev–Trinajstić information content (AvgIpc) is 2.72. The second-order valence-electron chi connectivity index (χ2n) is 6.28. The predicted molar refractivity (Wildman–Crippen MR) is 109 cm³/mol. The van der Waals surface area contributed by atoms with E-state index >= 15 is 0 Å². The van der Waals surface area contributed by atoms with Crippen molar-refractivity contribution in [2.24, 2.45) is 0 Å². The normalized spacial score (nSPS) is 12.9. The van der Waals surface area contributed by atoms with Gasteiger partial charge in [-0.3, -0.25) is 4.79 Å². The molecule has 7 heteroatoms. The fraction of sp³-hybridized carbons (Fsp3) is 0.333. The van der Waals surface area contributed by atoms with Gasteiger partial charge in [-0.25, -0.2) is 4.79 Å². The molecule has 2 aromatic rings. The van der Waals surface area contributed by atoms with Crippen LogP contribution in [0.15, 0.2) is 40.9 Å². The summed E-state index contributed by atoms with van der Waals surface area (Å²) in [7, 11) is 1.50. The van der Waals surface area contributed by atoms with E-state index in [0.717, 1.165) is 24.1 Å². The van der Waals surface area contributed by atoms with Gasteiger partial charge < -0.3 is 19.1 Å². The molecular weight excluding hydrogens is 426 g/mol. The summed E-state index contributed by atoms with van der Waals surface area (Å²) in [5.74, 6) is 0.0974. The molecule has 1 heterocycles. The topological polar surface area (TPSA) is 65.1 Å². The third kappa shape index (κ3) is 4.30. The van der Waals surface area contributed by atoms with Gasteiger partial charge in [0.05, 0.1) is 23.8 Å². The van der Waals surface area contributed by atoms with Crippen LogP contribution in [0.3, 0.4) is 0 Å². The Kier molecular flexibility index (Phi) is 6.57. The van der Waals surface area contributed by atoms with E-state index in [4.69, 9.17) is 14.2 Å². The lowest BCUT2D eigenvalue weighted by molar-refractivity contribution is -0.121. The molecule has 0 atom stereocenters. The summed E-state index contributed by atoms with van der Waals surface area (Å²) < 4.78 is 16.7. The molecule has 0 spiro atoms. The minimum absolute atomic E-state index is 0.238. The number of hydrogen-bond donors (Lipinski definition) is 0. The molecule has 0 aromatic heterocycles. The number of aryl methyl sites for hydroxylation is 1. The van der Waals surface area contributed by atoms with Crippen LogP contribution >= 0.6 is 15.9 Å². The maximum atomic E-state index is 12.6. The van der Waals surface area contributed by atoms with Crippen molar-refractivity contribution in [3.63, 3.8) is 0 Å². The summed E-state index contributed by atoms with van der Waals surface area (Å²) in [6.07, 6.45) is 1.83. The number of carbonyl (C=O) groups excluding carboxylic acids is 2. The molecule has 1 aliphatic rings. The van der Waals surface area contributed by atoms with Gasteiger partial charge in [0.15, 0.2) is 18.1 Å². The smallest absolute Gasteiger partial charge is 0.338 e. The van der Waals surface area contributed by atoms with E-state index in [1.807, 2.05) is 31.2 Å². The Hall–Kier alpha value is -2.54. The zero-order valence-corrected chi connectivity index (χ0v) is 17.5. The first-order valence-corrected chi connectivity index (χ1v) is 9.90. The minimum atomic E-state index is -0.597. The molecule has 0 unspecified atom stereocenters. The molecule has 0 bridgehead atoms. The van der Waals surface area contributed by atoms with Crippen molar-refractivity contribution in [1.82, 2.24) is 0 Å². The molecule has 6 nitrogen and oxygen atoms in total. The molecule has 2 aromatic carbocycles. The van der Waals surface area contributed by atoms with E-state index in [2.05, 4.69) is 15.9 Å². The molecule has 0 saturated carbocycles. The second kappa shape index (κ2) is 9.10. The van der Waals surface area contributed by atoms with Crippen LogP contribution < -0.4 is 14.4 Å². The zero-order valence-electron chi connectivity index (χ0n) is 15.9. The summed E-state index contributed by atoms with van der Waals surface area (Å²) in [6.45, 7) is 2.62. The maximum absolute atomic E-state index is 12.6. The molecule has 0 fully saturated rings. The number of fused-ring (bicyclic) bond motifs is 1. The molecule has 148 valence electrons. The number of hydrogen-bond acceptors (Lipinski definition) is 5. The fourth-order valence-corrected chi connectivity index (χ4v) is 3.76. The largest absolute Gasteiger partial charge is 0.493 e. The van der Waals surface area contributed by atoms with Crippen molar-refractivity contribution in [3.8, 4) is 11.5 Å². The van der Waals surface area contributed by atoms with Gasteiger partial charge in [-0.1, -0.05) is 18.2 Å². The van der Waals surface area contributed by atoms with Gasteiger partial charge in [0, 0.05) is 12.2 Å². The summed E-state index contributed by atoms with van der Waals surface area (Å²) >= 11 is 3.38. The lowest BCUT2D eigenvalue weighted by atomic mass is 10.0. The Bertz CT molecular complexity index is 883. The van der Waals surface area contributed by atoms with E-state index in [-0.39, 0.29) is 18.1 Å².